The van der Waals surface area contributed by atoms with Crippen LogP contribution >= 0.6 is 0 Å². The predicted molar refractivity (Wildman–Crippen MR) is 60.3 cm³/mol. The van der Waals surface area contributed by atoms with E-state index in [0.717, 1.165) is 25.9 Å². The van der Waals surface area contributed by atoms with Gasteiger partial charge in [-0.3, -0.25) is 0 Å². The Balaban J connectivity index is 2.05. The van der Waals surface area contributed by atoms with E-state index in [1.54, 1.807) is 0 Å². The topological polar surface area (TPSA) is 12.0 Å². The monoisotopic (exact) mass is 225 g/mol. The van der Waals surface area contributed by atoms with E-state index in [2.05, 4.69) is 12.2 Å². The zero-order valence-corrected chi connectivity index (χ0v) is 9.52. The molecule has 0 amide bonds. The summed E-state index contributed by atoms with van der Waals surface area (Å²) >= 11 is 0. The Kier molecular flexibility index (Phi) is 3.24. The second-order valence-electron chi connectivity index (χ2n) is 4.69. The van der Waals surface area contributed by atoms with E-state index < -0.39 is 0 Å². The van der Waals surface area contributed by atoms with Crippen molar-refractivity contribution in [3.05, 3.63) is 35.4 Å². The van der Waals surface area contributed by atoms with Gasteiger partial charge in [0.1, 0.15) is 11.6 Å². The minimum absolute atomic E-state index is 0.171. The largest absolute Gasteiger partial charge is 0.316 e. The number of rotatable bonds is 5. The maximum atomic E-state index is 13.5. The predicted octanol–water partition coefficient (Wildman–Crippen LogP) is 2.90. The van der Waals surface area contributed by atoms with E-state index in [9.17, 15) is 8.78 Å². The molecule has 0 spiro atoms. The van der Waals surface area contributed by atoms with Crippen molar-refractivity contribution in [2.24, 2.45) is 5.41 Å². The molecule has 0 atom stereocenters. The highest BCUT2D eigenvalue weighted by atomic mass is 19.1. The van der Waals surface area contributed by atoms with E-state index >= 15 is 0 Å². The second-order valence-corrected chi connectivity index (χ2v) is 4.69. The summed E-state index contributed by atoms with van der Waals surface area (Å²) in [5, 5.41) is 3.29. The van der Waals surface area contributed by atoms with Crippen molar-refractivity contribution in [1.29, 1.82) is 0 Å². The number of nitrogens with one attached hydrogen (secondary N) is 1. The Hall–Kier alpha value is -0.960. The van der Waals surface area contributed by atoms with Crippen LogP contribution in [0.2, 0.25) is 0 Å². The summed E-state index contributed by atoms with van der Waals surface area (Å²) in [6, 6.07) is 3.71. The maximum Gasteiger partial charge on any atom is 0.126 e. The Morgan fingerprint density at radius 3 is 2.69 bits per heavy atom. The summed E-state index contributed by atoms with van der Waals surface area (Å²) in [6.45, 7) is 3.88. The van der Waals surface area contributed by atoms with Crippen LogP contribution in [0.25, 0.3) is 0 Å². The Bertz CT molecular complexity index is 372. The normalized spacial score (nSPS) is 17.4. The highest BCUT2D eigenvalue weighted by Crippen LogP contribution is 2.48. The molecule has 1 saturated carbocycles. The van der Waals surface area contributed by atoms with E-state index in [4.69, 9.17) is 0 Å². The Morgan fingerprint density at radius 1 is 1.31 bits per heavy atom. The molecule has 16 heavy (non-hydrogen) atoms. The molecule has 2 rings (SSSR count). The molecule has 1 aromatic carbocycles. The SMILES string of the molecule is CCNCC1(Cc2cc(F)ccc2F)CC1. The molecule has 0 bridgehead atoms. The average Bonchev–Trinajstić information content (AvgIpc) is 3.01. The summed E-state index contributed by atoms with van der Waals surface area (Å²) in [5.41, 5.74) is 0.681. The number of halogens is 2. The van der Waals surface area contributed by atoms with Gasteiger partial charge in [0, 0.05) is 6.54 Å². The molecule has 0 radical (unpaired) electrons. The van der Waals surface area contributed by atoms with Crippen LogP contribution in [0, 0.1) is 17.0 Å². The number of hydrogen-bond donors (Lipinski definition) is 1. The van der Waals surface area contributed by atoms with Gasteiger partial charge in [0.15, 0.2) is 0 Å². The van der Waals surface area contributed by atoms with Gasteiger partial charge in [-0.2, -0.15) is 0 Å². The van der Waals surface area contributed by atoms with E-state index in [0.29, 0.717) is 12.0 Å². The van der Waals surface area contributed by atoms with Crippen molar-refractivity contribution in [3.8, 4) is 0 Å². The van der Waals surface area contributed by atoms with Crippen molar-refractivity contribution < 1.29 is 8.78 Å². The fourth-order valence-corrected chi connectivity index (χ4v) is 2.07. The molecule has 1 N–H and O–H groups in total. The van der Waals surface area contributed by atoms with Gasteiger partial charge in [0.05, 0.1) is 0 Å². The molecule has 0 saturated heterocycles. The molecule has 0 unspecified atom stereocenters. The molecule has 1 nitrogen and oxygen atoms in total. The molecule has 1 aliphatic carbocycles. The van der Waals surface area contributed by atoms with Crippen LogP contribution in [0.3, 0.4) is 0 Å². The molecule has 1 aliphatic rings. The zero-order valence-electron chi connectivity index (χ0n) is 9.52. The summed E-state index contributed by atoms with van der Waals surface area (Å²) in [5.74, 6) is -0.639. The fourth-order valence-electron chi connectivity index (χ4n) is 2.07. The van der Waals surface area contributed by atoms with Gasteiger partial charge >= 0.3 is 0 Å². The zero-order chi connectivity index (χ0) is 11.6. The van der Waals surface area contributed by atoms with Crippen LogP contribution in [-0.4, -0.2) is 13.1 Å². The van der Waals surface area contributed by atoms with Gasteiger partial charge in [-0.25, -0.2) is 8.78 Å². The standard InChI is InChI=1S/C13H17F2N/c1-2-16-9-13(5-6-13)8-10-7-11(14)3-4-12(10)15/h3-4,7,16H,2,5-6,8-9H2,1H3. The van der Waals surface area contributed by atoms with Gasteiger partial charge in [-0.15, -0.1) is 0 Å². The smallest absolute Gasteiger partial charge is 0.126 e. The summed E-state index contributed by atoms with van der Waals surface area (Å²) in [4.78, 5) is 0. The Labute approximate surface area is 94.9 Å². The third-order valence-corrected chi connectivity index (χ3v) is 3.28. The van der Waals surface area contributed by atoms with Gasteiger partial charge < -0.3 is 5.32 Å². The molecule has 0 aromatic heterocycles. The van der Waals surface area contributed by atoms with Crippen LogP contribution in [-0.2, 0) is 6.42 Å². The first kappa shape index (κ1) is 11.5. The lowest BCUT2D eigenvalue weighted by molar-refractivity contribution is 0.450. The quantitative estimate of drug-likeness (QED) is 0.812. The molecule has 0 heterocycles. The van der Waals surface area contributed by atoms with E-state index in [1.807, 2.05) is 0 Å². The fraction of sp³-hybridized carbons (Fsp3) is 0.538. The molecule has 1 fully saturated rings. The Morgan fingerprint density at radius 2 is 2.06 bits per heavy atom. The van der Waals surface area contributed by atoms with Gasteiger partial charge in [0.25, 0.3) is 0 Å². The van der Waals surface area contributed by atoms with Crippen molar-refractivity contribution in [2.75, 3.05) is 13.1 Å². The summed E-state index contributed by atoms with van der Waals surface area (Å²) in [7, 11) is 0. The van der Waals surface area contributed by atoms with Crippen LogP contribution in [0.15, 0.2) is 18.2 Å². The van der Waals surface area contributed by atoms with Crippen LogP contribution in [0.1, 0.15) is 25.3 Å². The number of hydrogen-bond acceptors (Lipinski definition) is 1. The first-order chi connectivity index (χ1) is 7.65. The van der Waals surface area contributed by atoms with Gasteiger partial charge in [-0.1, -0.05) is 6.92 Å². The second kappa shape index (κ2) is 4.50. The average molecular weight is 225 g/mol. The molecule has 88 valence electrons. The first-order valence-corrected chi connectivity index (χ1v) is 5.80. The first-order valence-electron chi connectivity index (χ1n) is 5.80. The van der Waals surface area contributed by atoms with Crippen LogP contribution in [0.4, 0.5) is 8.78 Å². The van der Waals surface area contributed by atoms with Crippen LogP contribution in [0.5, 0.6) is 0 Å². The van der Waals surface area contributed by atoms with Gasteiger partial charge in [0.2, 0.25) is 0 Å². The molecule has 0 aliphatic heterocycles. The molecule has 3 heteroatoms. The molecular weight excluding hydrogens is 208 g/mol. The van der Waals surface area contributed by atoms with E-state index in [1.165, 1.54) is 18.2 Å². The lowest BCUT2D eigenvalue weighted by Crippen LogP contribution is -2.25. The highest BCUT2D eigenvalue weighted by Gasteiger charge is 2.42. The van der Waals surface area contributed by atoms with Crippen molar-refractivity contribution >= 4 is 0 Å². The minimum atomic E-state index is -0.351. The lowest BCUT2D eigenvalue weighted by Gasteiger charge is -2.15. The van der Waals surface area contributed by atoms with Gasteiger partial charge in [-0.05, 0) is 55.0 Å². The highest BCUT2D eigenvalue weighted by molar-refractivity contribution is 5.22. The van der Waals surface area contributed by atoms with Crippen molar-refractivity contribution in [2.45, 2.75) is 26.2 Å². The number of benzene rings is 1. The summed E-state index contributed by atoms with van der Waals surface area (Å²) in [6.07, 6.45) is 2.86. The lowest BCUT2D eigenvalue weighted by atomic mass is 9.96. The third kappa shape index (κ3) is 2.59. The minimum Gasteiger partial charge on any atom is -0.316 e. The molecule has 1 aromatic rings. The maximum absolute atomic E-state index is 13.5. The molecular formula is C13H17F2N. The van der Waals surface area contributed by atoms with Crippen molar-refractivity contribution in [1.82, 2.24) is 5.32 Å². The van der Waals surface area contributed by atoms with E-state index in [-0.39, 0.29) is 17.0 Å². The van der Waals surface area contributed by atoms with Crippen LogP contribution < -0.4 is 5.32 Å². The third-order valence-electron chi connectivity index (χ3n) is 3.28. The summed E-state index contributed by atoms with van der Waals surface area (Å²) < 4.78 is 26.5. The van der Waals surface area contributed by atoms with Crippen molar-refractivity contribution in [3.63, 3.8) is 0 Å².